The molecule has 2 N–H and O–H groups in total. The van der Waals surface area contributed by atoms with Crippen LogP contribution >= 0.6 is 0 Å². The maximum Gasteiger partial charge on any atom is 0.416 e. The second kappa shape index (κ2) is 8.51. The molecule has 7 nitrogen and oxygen atoms in total. The predicted octanol–water partition coefficient (Wildman–Crippen LogP) is 3.21. The van der Waals surface area contributed by atoms with Crippen LogP contribution in [-0.4, -0.2) is 39.4 Å². The lowest BCUT2D eigenvalue weighted by atomic mass is 10.0. The van der Waals surface area contributed by atoms with Gasteiger partial charge in [0.05, 0.1) is 16.3 Å². The molecule has 8 heteroatoms. The summed E-state index contributed by atoms with van der Waals surface area (Å²) in [5.74, 6) is 0.272. The van der Waals surface area contributed by atoms with Crippen molar-refractivity contribution in [1.82, 2.24) is 4.72 Å². The van der Waals surface area contributed by atoms with E-state index in [1.54, 1.807) is 30.3 Å². The molecule has 0 unspecified atom stereocenters. The fourth-order valence-corrected chi connectivity index (χ4v) is 4.10. The lowest BCUT2D eigenvalue weighted by Crippen LogP contribution is -2.32. The molecule has 0 bridgehead atoms. The number of benzene rings is 2. The summed E-state index contributed by atoms with van der Waals surface area (Å²) in [4.78, 5) is 12.9. The fraction of sp³-hybridized carbons (Fsp3) is 0.316. The molecule has 144 valence electrons. The molecule has 1 amide bonds. The Morgan fingerprint density at radius 3 is 2.22 bits per heavy atom. The number of nitrogens with one attached hydrogen (secondary N) is 1. The Balaban J connectivity index is 1.74. The normalized spacial score (nSPS) is 15.4. The number of para-hydroxylation sites is 1. The standard InChI is InChI=1S/C19H22N2O5S/c22-19(23)21(16-4-2-1-3-5-16)17-6-8-18(9-7-17)27(24,25)20-14-15-10-12-26-13-11-15/h1-9,15,20H,10-14H2,(H,22,23). The number of anilines is 2. The van der Waals surface area contributed by atoms with E-state index in [1.807, 2.05) is 0 Å². The highest BCUT2D eigenvalue weighted by atomic mass is 32.2. The quantitative estimate of drug-likeness (QED) is 0.790. The Morgan fingerprint density at radius 2 is 1.63 bits per heavy atom. The smallest absolute Gasteiger partial charge is 0.416 e. The van der Waals surface area contributed by atoms with Gasteiger partial charge in [0.1, 0.15) is 0 Å². The lowest BCUT2D eigenvalue weighted by Gasteiger charge is -2.22. The highest BCUT2D eigenvalue weighted by molar-refractivity contribution is 7.89. The van der Waals surface area contributed by atoms with Gasteiger partial charge in [-0.3, -0.25) is 0 Å². The summed E-state index contributed by atoms with van der Waals surface area (Å²) in [5, 5.41) is 9.52. The third-order valence-corrected chi connectivity index (χ3v) is 5.95. The van der Waals surface area contributed by atoms with E-state index >= 15 is 0 Å². The molecule has 2 aromatic rings. The van der Waals surface area contributed by atoms with Gasteiger partial charge >= 0.3 is 6.09 Å². The Kier molecular flexibility index (Phi) is 6.10. The molecule has 1 heterocycles. The summed E-state index contributed by atoms with van der Waals surface area (Å²) in [6.45, 7) is 1.69. The Hall–Kier alpha value is -2.42. The third-order valence-electron chi connectivity index (χ3n) is 4.51. The van der Waals surface area contributed by atoms with Gasteiger partial charge in [0.2, 0.25) is 10.0 Å². The number of carboxylic acid groups (broad SMARTS) is 1. The number of sulfonamides is 1. The van der Waals surface area contributed by atoms with E-state index in [0.717, 1.165) is 17.7 Å². The van der Waals surface area contributed by atoms with Crippen molar-refractivity contribution in [2.24, 2.45) is 5.92 Å². The Labute approximate surface area is 158 Å². The fourth-order valence-electron chi connectivity index (χ4n) is 2.98. The van der Waals surface area contributed by atoms with Crippen molar-refractivity contribution in [2.75, 3.05) is 24.7 Å². The van der Waals surface area contributed by atoms with Crippen molar-refractivity contribution in [1.29, 1.82) is 0 Å². The number of ether oxygens (including phenoxy) is 1. The third kappa shape index (κ3) is 4.85. The van der Waals surface area contributed by atoms with Crippen LogP contribution in [0.1, 0.15) is 12.8 Å². The van der Waals surface area contributed by atoms with Gasteiger partial charge in [-0.15, -0.1) is 0 Å². The first-order chi connectivity index (χ1) is 13.0. The molecule has 27 heavy (non-hydrogen) atoms. The van der Waals surface area contributed by atoms with Crippen LogP contribution in [0.2, 0.25) is 0 Å². The van der Waals surface area contributed by atoms with E-state index in [4.69, 9.17) is 4.74 Å². The molecular weight excluding hydrogens is 368 g/mol. The summed E-state index contributed by atoms with van der Waals surface area (Å²) in [6.07, 6.45) is 0.535. The molecule has 3 rings (SSSR count). The topological polar surface area (TPSA) is 95.9 Å². The van der Waals surface area contributed by atoms with Crippen LogP contribution in [0.3, 0.4) is 0 Å². The molecule has 1 fully saturated rings. The summed E-state index contributed by atoms with van der Waals surface area (Å²) in [7, 11) is -3.64. The second-order valence-corrected chi connectivity index (χ2v) is 8.12. The summed E-state index contributed by atoms with van der Waals surface area (Å²) >= 11 is 0. The number of carbonyl (C=O) groups is 1. The summed E-state index contributed by atoms with van der Waals surface area (Å²) in [6, 6.07) is 14.4. The van der Waals surface area contributed by atoms with Crippen LogP contribution in [0.5, 0.6) is 0 Å². The number of hydrogen-bond donors (Lipinski definition) is 2. The molecule has 0 radical (unpaired) electrons. The van der Waals surface area contributed by atoms with Crippen LogP contribution in [-0.2, 0) is 14.8 Å². The second-order valence-electron chi connectivity index (χ2n) is 6.36. The maximum atomic E-state index is 12.5. The molecule has 2 aromatic carbocycles. The minimum atomic E-state index is -3.64. The average molecular weight is 390 g/mol. The van der Waals surface area contributed by atoms with Gasteiger partial charge < -0.3 is 9.84 Å². The molecule has 1 aliphatic heterocycles. The van der Waals surface area contributed by atoms with Crippen LogP contribution in [0, 0.1) is 5.92 Å². The van der Waals surface area contributed by atoms with E-state index in [1.165, 1.54) is 24.3 Å². The average Bonchev–Trinajstić information content (AvgIpc) is 2.68. The maximum absolute atomic E-state index is 12.5. The first kappa shape index (κ1) is 19.3. The molecule has 0 aromatic heterocycles. The van der Waals surface area contributed by atoms with Crippen molar-refractivity contribution in [3.63, 3.8) is 0 Å². The molecule has 0 spiro atoms. The van der Waals surface area contributed by atoms with Crippen molar-refractivity contribution >= 4 is 27.5 Å². The van der Waals surface area contributed by atoms with Gasteiger partial charge in [0.15, 0.2) is 0 Å². The highest BCUT2D eigenvalue weighted by Gasteiger charge is 2.21. The molecule has 0 saturated carbocycles. The molecule has 0 aliphatic carbocycles. The van der Waals surface area contributed by atoms with Gasteiger partial charge in [-0.1, -0.05) is 18.2 Å². The monoisotopic (exact) mass is 390 g/mol. The predicted molar refractivity (Wildman–Crippen MR) is 102 cm³/mol. The Morgan fingerprint density at radius 1 is 1.04 bits per heavy atom. The van der Waals surface area contributed by atoms with Crippen molar-refractivity contribution in [2.45, 2.75) is 17.7 Å². The van der Waals surface area contributed by atoms with Crippen molar-refractivity contribution < 1.29 is 23.1 Å². The van der Waals surface area contributed by atoms with E-state index in [2.05, 4.69) is 4.72 Å². The van der Waals surface area contributed by atoms with E-state index in [-0.39, 0.29) is 10.8 Å². The number of hydrogen-bond acceptors (Lipinski definition) is 4. The zero-order chi connectivity index (χ0) is 19.3. The molecule has 0 atom stereocenters. The number of nitrogens with zero attached hydrogens (tertiary/aromatic N) is 1. The van der Waals surface area contributed by atoms with Gasteiger partial charge in [0, 0.05) is 19.8 Å². The van der Waals surface area contributed by atoms with Gasteiger partial charge in [-0.05, 0) is 55.2 Å². The van der Waals surface area contributed by atoms with Crippen LogP contribution < -0.4 is 9.62 Å². The Bertz CT molecular complexity index is 863. The van der Waals surface area contributed by atoms with E-state index < -0.39 is 16.1 Å². The van der Waals surface area contributed by atoms with Gasteiger partial charge in [0.25, 0.3) is 0 Å². The molecule has 1 aliphatic rings. The molecule has 1 saturated heterocycles. The van der Waals surface area contributed by atoms with Gasteiger partial charge in [-0.2, -0.15) is 0 Å². The SMILES string of the molecule is O=C(O)N(c1ccccc1)c1ccc(S(=O)(=O)NCC2CCOCC2)cc1. The number of amides is 1. The van der Waals surface area contributed by atoms with Crippen LogP contribution in [0.25, 0.3) is 0 Å². The van der Waals surface area contributed by atoms with Crippen molar-refractivity contribution in [3.05, 3.63) is 54.6 Å². The zero-order valence-corrected chi connectivity index (χ0v) is 15.6. The minimum Gasteiger partial charge on any atom is -0.464 e. The van der Waals surface area contributed by atoms with Crippen LogP contribution in [0.4, 0.5) is 16.2 Å². The van der Waals surface area contributed by atoms with E-state index in [0.29, 0.717) is 31.1 Å². The van der Waals surface area contributed by atoms with Crippen LogP contribution in [0.15, 0.2) is 59.5 Å². The first-order valence-electron chi connectivity index (χ1n) is 8.73. The zero-order valence-electron chi connectivity index (χ0n) is 14.7. The molecular formula is C19H22N2O5S. The van der Waals surface area contributed by atoms with Crippen molar-refractivity contribution in [3.8, 4) is 0 Å². The summed E-state index contributed by atoms with van der Waals surface area (Å²) in [5.41, 5.74) is 0.857. The largest absolute Gasteiger partial charge is 0.464 e. The lowest BCUT2D eigenvalue weighted by molar-refractivity contribution is 0.0678. The highest BCUT2D eigenvalue weighted by Crippen LogP contribution is 2.26. The number of rotatable bonds is 6. The van der Waals surface area contributed by atoms with Gasteiger partial charge in [-0.25, -0.2) is 22.8 Å². The van der Waals surface area contributed by atoms with E-state index in [9.17, 15) is 18.3 Å². The summed E-state index contributed by atoms with van der Waals surface area (Å²) < 4.78 is 32.9. The first-order valence-corrected chi connectivity index (χ1v) is 10.2. The minimum absolute atomic E-state index is 0.108.